The Bertz CT molecular complexity index is 935. The summed E-state index contributed by atoms with van der Waals surface area (Å²) in [7, 11) is 0. The summed E-state index contributed by atoms with van der Waals surface area (Å²) >= 11 is 0. The minimum Gasteiger partial charge on any atom is -0.361 e. The number of hydrogen-bond donors (Lipinski definition) is 2. The standard InChI is InChI=1S/C20H23N5O/c26-20(18-13-24-8-1-2-19(24)23-18)25-9-6-16(12-25)22-11-14-3-4-15-5-7-21-17(15)10-14/h3-5,7,10,13,16,21-22H,1-2,6,8-9,11-12H2. The Balaban J connectivity index is 1.19. The lowest BCUT2D eigenvalue weighted by atomic mass is 10.1. The summed E-state index contributed by atoms with van der Waals surface area (Å²) in [6.07, 6.45) is 7.01. The molecule has 2 aliphatic rings. The van der Waals surface area contributed by atoms with E-state index in [-0.39, 0.29) is 5.91 Å². The second-order valence-corrected chi connectivity index (χ2v) is 7.36. The molecule has 4 heterocycles. The van der Waals surface area contributed by atoms with Crippen molar-refractivity contribution in [3.63, 3.8) is 0 Å². The second kappa shape index (κ2) is 6.29. The maximum absolute atomic E-state index is 12.7. The molecule has 5 rings (SSSR count). The van der Waals surface area contributed by atoms with Crippen LogP contribution in [0.3, 0.4) is 0 Å². The Morgan fingerprint density at radius 1 is 1.31 bits per heavy atom. The molecule has 1 amide bonds. The molecule has 1 fully saturated rings. The highest BCUT2D eigenvalue weighted by Crippen LogP contribution is 2.19. The summed E-state index contributed by atoms with van der Waals surface area (Å²) in [4.78, 5) is 22.4. The van der Waals surface area contributed by atoms with Crippen molar-refractivity contribution in [2.75, 3.05) is 13.1 Å². The molecule has 6 nitrogen and oxygen atoms in total. The van der Waals surface area contributed by atoms with Gasteiger partial charge in [0.25, 0.3) is 5.91 Å². The van der Waals surface area contributed by atoms with Gasteiger partial charge in [0.05, 0.1) is 0 Å². The van der Waals surface area contributed by atoms with E-state index in [1.54, 1.807) is 0 Å². The Kier molecular flexibility index (Phi) is 3.78. The summed E-state index contributed by atoms with van der Waals surface area (Å²) in [5, 5.41) is 4.83. The zero-order valence-corrected chi connectivity index (χ0v) is 14.7. The van der Waals surface area contributed by atoms with Crippen molar-refractivity contribution in [1.29, 1.82) is 0 Å². The molecular weight excluding hydrogens is 326 g/mol. The Labute approximate surface area is 152 Å². The minimum atomic E-state index is 0.0732. The van der Waals surface area contributed by atoms with Crippen molar-refractivity contribution in [1.82, 2.24) is 24.8 Å². The summed E-state index contributed by atoms with van der Waals surface area (Å²) in [5.41, 5.74) is 3.04. The maximum atomic E-state index is 12.7. The lowest BCUT2D eigenvalue weighted by Crippen LogP contribution is -2.35. The Hall–Kier alpha value is -2.60. The Morgan fingerprint density at radius 3 is 3.19 bits per heavy atom. The van der Waals surface area contributed by atoms with E-state index < -0.39 is 0 Å². The van der Waals surface area contributed by atoms with Gasteiger partial charge in [0.2, 0.25) is 0 Å². The van der Waals surface area contributed by atoms with Gasteiger partial charge in [-0.2, -0.15) is 0 Å². The van der Waals surface area contributed by atoms with E-state index >= 15 is 0 Å². The molecule has 0 saturated carbocycles. The third-order valence-electron chi connectivity index (χ3n) is 5.57. The topological polar surface area (TPSA) is 66.0 Å². The number of H-pyrrole nitrogens is 1. The smallest absolute Gasteiger partial charge is 0.274 e. The molecule has 0 spiro atoms. The fraction of sp³-hybridized carbons (Fsp3) is 0.400. The predicted octanol–water partition coefficient (Wildman–Crippen LogP) is 2.31. The van der Waals surface area contributed by atoms with Crippen LogP contribution in [0.4, 0.5) is 0 Å². The van der Waals surface area contributed by atoms with Gasteiger partial charge in [-0.15, -0.1) is 0 Å². The number of fused-ring (bicyclic) bond motifs is 2. The summed E-state index contributed by atoms with van der Waals surface area (Å²) in [6, 6.07) is 8.91. The van der Waals surface area contributed by atoms with Crippen LogP contribution in [0, 0.1) is 0 Å². The second-order valence-electron chi connectivity index (χ2n) is 7.36. The number of benzene rings is 1. The number of aryl methyl sites for hydroxylation is 2. The van der Waals surface area contributed by atoms with Gasteiger partial charge in [0, 0.05) is 56.6 Å². The van der Waals surface area contributed by atoms with Crippen molar-refractivity contribution in [3.05, 3.63) is 53.7 Å². The minimum absolute atomic E-state index is 0.0732. The number of nitrogens with zero attached hydrogens (tertiary/aromatic N) is 3. The fourth-order valence-electron chi connectivity index (χ4n) is 4.10. The van der Waals surface area contributed by atoms with Gasteiger partial charge < -0.3 is 19.8 Å². The van der Waals surface area contributed by atoms with E-state index in [4.69, 9.17) is 0 Å². The van der Waals surface area contributed by atoms with E-state index in [1.807, 2.05) is 17.3 Å². The van der Waals surface area contributed by atoms with Gasteiger partial charge >= 0.3 is 0 Å². The van der Waals surface area contributed by atoms with Crippen LogP contribution in [0.1, 0.15) is 34.7 Å². The van der Waals surface area contributed by atoms with Crippen LogP contribution in [-0.2, 0) is 19.5 Å². The Morgan fingerprint density at radius 2 is 2.27 bits per heavy atom. The van der Waals surface area contributed by atoms with Crippen LogP contribution in [-0.4, -0.2) is 44.5 Å². The van der Waals surface area contributed by atoms with E-state index in [9.17, 15) is 4.79 Å². The molecule has 1 saturated heterocycles. The first kappa shape index (κ1) is 15.6. The van der Waals surface area contributed by atoms with E-state index in [0.29, 0.717) is 11.7 Å². The number of aromatic nitrogens is 3. The monoisotopic (exact) mass is 349 g/mol. The van der Waals surface area contributed by atoms with Crippen molar-refractivity contribution in [3.8, 4) is 0 Å². The molecule has 0 bridgehead atoms. The van der Waals surface area contributed by atoms with E-state index in [2.05, 4.69) is 44.1 Å². The molecule has 2 aliphatic heterocycles. The largest absolute Gasteiger partial charge is 0.361 e. The number of nitrogens with one attached hydrogen (secondary N) is 2. The van der Waals surface area contributed by atoms with Gasteiger partial charge in [-0.25, -0.2) is 4.98 Å². The van der Waals surface area contributed by atoms with Gasteiger partial charge in [-0.05, 0) is 35.9 Å². The SMILES string of the molecule is O=C(c1cn2c(n1)CCC2)N1CCC(NCc2ccc3cc[nH]c3c2)C1. The third kappa shape index (κ3) is 2.80. The summed E-state index contributed by atoms with van der Waals surface area (Å²) < 4.78 is 2.12. The zero-order valence-electron chi connectivity index (χ0n) is 14.7. The van der Waals surface area contributed by atoms with Crippen molar-refractivity contribution < 1.29 is 4.79 Å². The molecule has 6 heteroatoms. The normalized spacial score (nSPS) is 19.4. The van der Waals surface area contributed by atoms with E-state index in [0.717, 1.165) is 51.3 Å². The van der Waals surface area contributed by atoms with Gasteiger partial charge in [0.1, 0.15) is 11.5 Å². The number of hydrogen-bond acceptors (Lipinski definition) is 3. The number of likely N-dealkylation sites (tertiary alicyclic amines) is 1. The number of rotatable bonds is 4. The molecular formula is C20H23N5O. The molecule has 3 aromatic rings. The fourth-order valence-corrected chi connectivity index (χ4v) is 4.10. The average molecular weight is 349 g/mol. The first-order chi connectivity index (χ1) is 12.8. The predicted molar refractivity (Wildman–Crippen MR) is 100.0 cm³/mol. The van der Waals surface area contributed by atoms with Crippen molar-refractivity contribution in [2.45, 2.75) is 38.4 Å². The van der Waals surface area contributed by atoms with Crippen LogP contribution < -0.4 is 5.32 Å². The van der Waals surface area contributed by atoms with Crippen LogP contribution in [0.25, 0.3) is 10.9 Å². The van der Waals surface area contributed by atoms with Crippen LogP contribution in [0.5, 0.6) is 0 Å². The summed E-state index contributed by atoms with van der Waals surface area (Å²) in [6.45, 7) is 3.37. The van der Waals surface area contributed by atoms with E-state index in [1.165, 1.54) is 16.5 Å². The highest BCUT2D eigenvalue weighted by atomic mass is 16.2. The lowest BCUT2D eigenvalue weighted by molar-refractivity contribution is 0.0783. The first-order valence-electron chi connectivity index (χ1n) is 9.41. The molecule has 2 aromatic heterocycles. The molecule has 0 aliphatic carbocycles. The zero-order chi connectivity index (χ0) is 17.5. The van der Waals surface area contributed by atoms with Crippen LogP contribution >= 0.6 is 0 Å². The molecule has 134 valence electrons. The number of carbonyl (C=O) groups excluding carboxylic acids is 1. The van der Waals surface area contributed by atoms with Crippen LogP contribution in [0.15, 0.2) is 36.7 Å². The molecule has 1 aromatic carbocycles. The highest BCUT2D eigenvalue weighted by Gasteiger charge is 2.29. The highest BCUT2D eigenvalue weighted by molar-refractivity contribution is 5.92. The number of imidazole rings is 1. The molecule has 26 heavy (non-hydrogen) atoms. The lowest BCUT2D eigenvalue weighted by Gasteiger charge is -2.16. The van der Waals surface area contributed by atoms with Crippen LogP contribution in [0.2, 0.25) is 0 Å². The molecule has 0 radical (unpaired) electrons. The van der Waals surface area contributed by atoms with Gasteiger partial charge in [-0.3, -0.25) is 4.79 Å². The molecule has 1 atom stereocenters. The number of aromatic amines is 1. The molecule has 1 unspecified atom stereocenters. The third-order valence-corrected chi connectivity index (χ3v) is 5.57. The summed E-state index contributed by atoms with van der Waals surface area (Å²) in [5.74, 6) is 1.13. The number of amides is 1. The van der Waals surface area contributed by atoms with Crippen molar-refractivity contribution >= 4 is 16.8 Å². The first-order valence-corrected chi connectivity index (χ1v) is 9.41. The van der Waals surface area contributed by atoms with Gasteiger partial charge in [-0.1, -0.05) is 12.1 Å². The van der Waals surface area contributed by atoms with Gasteiger partial charge in [0.15, 0.2) is 0 Å². The molecule has 2 N–H and O–H groups in total. The van der Waals surface area contributed by atoms with Crippen molar-refractivity contribution in [2.24, 2.45) is 0 Å². The quantitative estimate of drug-likeness (QED) is 0.760. The maximum Gasteiger partial charge on any atom is 0.274 e. The number of carbonyl (C=O) groups is 1. The average Bonchev–Trinajstić information content (AvgIpc) is 3.42.